The molecule has 1 atom stereocenters. The molecule has 4 nitrogen and oxygen atoms in total. The zero-order valence-corrected chi connectivity index (χ0v) is 10.1. The fourth-order valence-corrected chi connectivity index (χ4v) is 1.70. The Labute approximate surface area is 105 Å². The van der Waals surface area contributed by atoms with Gasteiger partial charge >= 0.3 is 5.97 Å². The Bertz CT molecular complexity index is 519. The van der Waals surface area contributed by atoms with Crippen molar-refractivity contribution in [1.29, 1.82) is 0 Å². The number of benzene rings is 1. The number of aromatic carboxylic acids is 1. The van der Waals surface area contributed by atoms with Crippen molar-refractivity contribution in [2.75, 3.05) is 0 Å². The van der Waals surface area contributed by atoms with Crippen molar-refractivity contribution in [2.45, 2.75) is 19.5 Å². The molecule has 0 aliphatic heterocycles. The molecule has 4 heteroatoms. The summed E-state index contributed by atoms with van der Waals surface area (Å²) in [7, 11) is 0. The molecular weight excluding hydrogens is 230 g/mol. The summed E-state index contributed by atoms with van der Waals surface area (Å²) in [6.07, 6.45) is 0. The van der Waals surface area contributed by atoms with Crippen LogP contribution in [-0.2, 0) is 6.54 Å². The first-order valence-electron chi connectivity index (χ1n) is 5.77. The third-order valence-corrected chi connectivity index (χ3v) is 2.75. The van der Waals surface area contributed by atoms with Gasteiger partial charge in [0.25, 0.3) is 0 Å². The summed E-state index contributed by atoms with van der Waals surface area (Å²) in [6.45, 7) is 2.56. The van der Waals surface area contributed by atoms with Crippen LogP contribution in [0.25, 0.3) is 0 Å². The fraction of sp³-hybridized carbons (Fsp3) is 0.214. The maximum absolute atomic E-state index is 10.7. The van der Waals surface area contributed by atoms with Crippen LogP contribution in [0.5, 0.6) is 0 Å². The van der Waals surface area contributed by atoms with E-state index in [-0.39, 0.29) is 11.8 Å². The van der Waals surface area contributed by atoms with Gasteiger partial charge in [-0.1, -0.05) is 30.3 Å². The van der Waals surface area contributed by atoms with E-state index < -0.39 is 5.97 Å². The van der Waals surface area contributed by atoms with E-state index in [0.717, 1.165) is 0 Å². The number of carboxylic acid groups (broad SMARTS) is 1. The topological polar surface area (TPSA) is 62.5 Å². The Morgan fingerprint density at radius 3 is 2.61 bits per heavy atom. The summed E-state index contributed by atoms with van der Waals surface area (Å²) in [6, 6.07) is 13.4. The molecule has 0 spiro atoms. The first-order chi connectivity index (χ1) is 8.66. The lowest BCUT2D eigenvalue weighted by atomic mass is 10.1. The highest BCUT2D eigenvalue weighted by molar-refractivity contribution is 5.84. The Morgan fingerprint density at radius 2 is 2.00 bits per heavy atom. The summed E-state index contributed by atoms with van der Waals surface area (Å²) in [5.74, 6) is -0.452. The van der Waals surface area contributed by atoms with Crippen molar-refractivity contribution in [3.8, 4) is 0 Å². The molecule has 0 fully saturated rings. The highest BCUT2D eigenvalue weighted by Crippen LogP contribution is 2.13. The van der Waals surface area contributed by atoms with Crippen LogP contribution in [0.1, 0.15) is 34.8 Å². The van der Waals surface area contributed by atoms with Gasteiger partial charge in [-0.3, -0.25) is 0 Å². The number of nitrogens with one attached hydrogen (secondary N) is 1. The van der Waals surface area contributed by atoms with Crippen molar-refractivity contribution < 1.29 is 14.3 Å². The predicted molar refractivity (Wildman–Crippen MR) is 67.4 cm³/mol. The van der Waals surface area contributed by atoms with Crippen molar-refractivity contribution in [2.24, 2.45) is 0 Å². The van der Waals surface area contributed by atoms with E-state index in [0.29, 0.717) is 12.3 Å². The maximum Gasteiger partial charge on any atom is 0.371 e. The third-order valence-electron chi connectivity index (χ3n) is 2.75. The minimum Gasteiger partial charge on any atom is -0.475 e. The van der Waals surface area contributed by atoms with Crippen molar-refractivity contribution in [1.82, 2.24) is 5.32 Å². The van der Waals surface area contributed by atoms with Gasteiger partial charge in [0.1, 0.15) is 5.76 Å². The Kier molecular flexibility index (Phi) is 3.79. The van der Waals surface area contributed by atoms with E-state index in [1.54, 1.807) is 6.07 Å². The monoisotopic (exact) mass is 245 g/mol. The van der Waals surface area contributed by atoms with Crippen LogP contribution in [0.15, 0.2) is 46.9 Å². The van der Waals surface area contributed by atoms with E-state index in [4.69, 9.17) is 9.52 Å². The number of hydrogen-bond acceptors (Lipinski definition) is 3. The molecule has 2 N–H and O–H groups in total. The van der Waals surface area contributed by atoms with Crippen molar-refractivity contribution in [3.63, 3.8) is 0 Å². The van der Waals surface area contributed by atoms with Gasteiger partial charge in [0, 0.05) is 6.04 Å². The molecule has 0 bridgehead atoms. The quantitative estimate of drug-likeness (QED) is 0.850. The average molecular weight is 245 g/mol. The van der Waals surface area contributed by atoms with Crippen LogP contribution < -0.4 is 5.32 Å². The van der Waals surface area contributed by atoms with E-state index in [2.05, 4.69) is 12.2 Å². The summed E-state index contributed by atoms with van der Waals surface area (Å²) in [4.78, 5) is 10.7. The summed E-state index contributed by atoms with van der Waals surface area (Å²) < 4.78 is 5.17. The van der Waals surface area contributed by atoms with E-state index in [1.807, 2.05) is 30.3 Å². The number of rotatable bonds is 5. The first-order valence-corrected chi connectivity index (χ1v) is 5.77. The molecule has 1 aromatic heterocycles. The molecule has 0 radical (unpaired) electrons. The van der Waals surface area contributed by atoms with Crippen LogP contribution in [0.2, 0.25) is 0 Å². The molecule has 1 unspecified atom stereocenters. The van der Waals surface area contributed by atoms with Gasteiger partial charge in [-0.15, -0.1) is 0 Å². The van der Waals surface area contributed by atoms with Gasteiger partial charge in [0.15, 0.2) is 0 Å². The minimum absolute atomic E-state index is 0.0286. The molecule has 1 heterocycles. The van der Waals surface area contributed by atoms with Crippen molar-refractivity contribution in [3.05, 3.63) is 59.5 Å². The molecule has 2 rings (SSSR count). The Morgan fingerprint density at radius 1 is 1.28 bits per heavy atom. The predicted octanol–water partition coefficient (Wildman–Crippen LogP) is 2.83. The van der Waals surface area contributed by atoms with Crippen molar-refractivity contribution >= 4 is 5.97 Å². The number of furan rings is 1. The number of carboxylic acids is 1. The molecular formula is C14H15NO3. The van der Waals surface area contributed by atoms with Gasteiger partial charge in [-0.05, 0) is 24.6 Å². The lowest BCUT2D eigenvalue weighted by Crippen LogP contribution is -2.17. The molecule has 0 saturated heterocycles. The first kappa shape index (κ1) is 12.4. The van der Waals surface area contributed by atoms with Crippen LogP contribution in [-0.4, -0.2) is 11.1 Å². The zero-order chi connectivity index (χ0) is 13.0. The summed E-state index contributed by atoms with van der Waals surface area (Å²) in [5.41, 5.74) is 1.18. The largest absolute Gasteiger partial charge is 0.475 e. The highest BCUT2D eigenvalue weighted by atomic mass is 16.4. The second kappa shape index (κ2) is 5.51. The minimum atomic E-state index is -1.04. The SMILES string of the molecule is CC(NCc1ccc(C(=O)O)o1)c1ccccc1. The summed E-state index contributed by atoms with van der Waals surface area (Å²) in [5, 5.41) is 12.0. The van der Waals surface area contributed by atoms with Gasteiger partial charge in [-0.2, -0.15) is 0 Å². The molecule has 1 aromatic carbocycles. The highest BCUT2D eigenvalue weighted by Gasteiger charge is 2.10. The maximum atomic E-state index is 10.7. The lowest BCUT2D eigenvalue weighted by Gasteiger charge is -2.12. The molecule has 2 aromatic rings. The van der Waals surface area contributed by atoms with Gasteiger partial charge in [-0.25, -0.2) is 4.79 Å². The van der Waals surface area contributed by atoms with E-state index in [1.165, 1.54) is 11.6 Å². The van der Waals surface area contributed by atoms with E-state index >= 15 is 0 Å². The van der Waals surface area contributed by atoms with Gasteiger partial charge in [0.05, 0.1) is 6.54 Å². The third kappa shape index (κ3) is 2.99. The Hall–Kier alpha value is -2.07. The smallest absolute Gasteiger partial charge is 0.371 e. The molecule has 94 valence electrons. The van der Waals surface area contributed by atoms with Gasteiger partial charge in [0.2, 0.25) is 5.76 Å². The molecule has 0 aliphatic rings. The molecule has 18 heavy (non-hydrogen) atoms. The number of carbonyl (C=O) groups is 1. The van der Waals surface area contributed by atoms with E-state index in [9.17, 15) is 4.79 Å². The van der Waals surface area contributed by atoms with Gasteiger partial charge < -0.3 is 14.8 Å². The molecule has 0 aliphatic carbocycles. The lowest BCUT2D eigenvalue weighted by molar-refractivity contribution is 0.0660. The van der Waals surface area contributed by atoms with Crippen LogP contribution >= 0.6 is 0 Å². The standard InChI is InChI=1S/C14H15NO3/c1-10(11-5-3-2-4-6-11)15-9-12-7-8-13(18-12)14(16)17/h2-8,10,15H,9H2,1H3,(H,16,17). The molecule has 0 saturated carbocycles. The van der Waals surface area contributed by atoms with Crippen LogP contribution in [0.4, 0.5) is 0 Å². The average Bonchev–Trinajstić information content (AvgIpc) is 2.86. The van der Waals surface area contributed by atoms with Crippen LogP contribution in [0.3, 0.4) is 0 Å². The zero-order valence-electron chi connectivity index (χ0n) is 10.1. The normalized spacial score (nSPS) is 12.3. The molecule has 0 amide bonds. The second-order valence-corrected chi connectivity index (χ2v) is 4.08. The van der Waals surface area contributed by atoms with Crippen LogP contribution in [0, 0.1) is 0 Å². The number of hydrogen-bond donors (Lipinski definition) is 2. The Balaban J connectivity index is 1.93. The fourth-order valence-electron chi connectivity index (χ4n) is 1.70. The summed E-state index contributed by atoms with van der Waals surface area (Å²) >= 11 is 0. The second-order valence-electron chi connectivity index (χ2n) is 4.08.